The van der Waals surface area contributed by atoms with Crippen LogP contribution in [0.2, 0.25) is 0 Å². The minimum absolute atomic E-state index is 0.115. The second-order valence-electron chi connectivity index (χ2n) is 9.14. The monoisotopic (exact) mass is 447 g/mol. The molecule has 0 radical (unpaired) electrons. The first-order chi connectivity index (χ1) is 16.0. The van der Waals surface area contributed by atoms with Gasteiger partial charge in [0.25, 0.3) is 5.91 Å². The first-order valence-corrected chi connectivity index (χ1v) is 11.5. The molecule has 1 aromatic carbocycles. The van der Waals surface area contributed by atoms with E-state index in [0.29, 0.717) is 24.5 Å². The Morgan fingerprint density at radius 1 is 1.15 bits per heavy atom. The number of carbonyl (C=O) groups is 2. The summed E-state index contributed by atoms with van der Waals surface area (Å²) in [6.07, 6.45) is 5.83. The standard InChI is InChI=1S/C26H29N3O4/c1-26(25(31)27-19-8-3-4-9-19)17-28-21(23-11-6-14-33-23)12-13-22(28)24(30)29(26)16-18-7-5-10-20(15-18)32-2/h5-7,10-15,19H,3-4,8-9,16-17H2,1-2H3,(H,27,31). The second-order valence-corrected chi connectivity index (χ2v) is 9.14. The number of nitrogens with one attached hydrogen (secondary N) is 1. The summed E-state index contributed by atoms with van der Waals surface area (Å²) in [4.78, 5) is 29.2. The molecule has 1 N–H and O–H groups in total. The van der Waals surface area contributed by atoms with Crippen molar-refractivity contribution in [3.8, 4) is 17.2 Å². The molecule has 1 atom stereocenters. The average Bonchev–Trinajstić information content (AvgIpc) is 3.58. The van der Waals surface area contributed by atoms with Crippen molar-refractivity contribution in [3.63, 3.8) is 0 Å². The first kappa shape index (κ1) is 21.4. The van der Waals surface area contributed by atoms with Crippen LogP contribution < -0.4 is 10.1 Å². The third-order valence-corrected chi connectivity index (χ3v) is 6.93. The molecular weight excluding hydrogens is 418 g/mol. The van der Waals surface area contributed by atoms with Crippen LogP contribution in [0.4, 0.5) is 0 Å². The van der Waals surface area contributed by atoms with Gasteiger partial charge in [0.2, 0.25) is 5.91 Å². The minimum Gasteiger partial charge on any atom is -0.497 e. The summed E-state index contributed by atoms with van der Waals surface area (Å²) < 4.78 is 12.9. The second kappa shape index (κ2) is 8.46. The molecule has 3 aromatic rings. The van der Waals surface area contributed by atoms with Crippen molar-refractivity contribution in [1.82, 2.24) is 14.8 Å². The smallest absolute Gasteiger partial charge is 0.271 e. The van der Waals surface area contributed by atoms with Gasteiger partial charge in [0.15, 0.2) is 0 Å². The third kappa shape index (κ3) is 3.81. The molecule has 0 bridgehead atoms. The van der Waals surface area contributed by atoms with Crippen molar-refractivity contribution >= 4 is 11.8 Å². The van der Waals surface area contributed by atoms with Gasteiger partial charge in [0, 0.05) is 12.6 Å². The van der Waals surface area contributed by atoms with Crippen molar-refractivity contribution in [2.45, 2.75) is 57.3 Å². The van der Waals surface area contributed by atoms with Crippen molar-refractivity contribution in [1.29, 1.82) is 0 Å². The third-order valence-electron chi connectivity index (χ3n) is 6.93. The molecule has 7 nitrogen and oxygen atoms in total. The van der Waals surface area contributed by atoms with Gasteiger partial charge in [0.05, 0.1) is 25.6 Å². The maximum absolute atomic E-state index is 13.8. The van der Waals surface area contributed by atoms with E-state index < -0.39 is 5.54 Å². The molecule has 1 unspecified atom stereocenters. The lowest BCUT2D eigenvalue weighted by molar-refractivity contribution is -0.133. The van der Waals surface area contributed by atoms with Crippen molar-refractivity contribution < 1.29 is 18.7 Å². The Morgan fingerprint density at radius 3 is 2.67 bits per heavy atom. The molecule has 3 heterocycles. The molecule has 2 aromatic heterocycles. The number of furan rings is 1. The van der Waals surface area contributed by atoms with Crippen LogP contribution >= 0.6 is 0 Å². The highest BCUT2D eigenvalue weighted by atomic mass is 16.5. The summed E-state index contributed by atoms with van der Waals surface area (Å²) in [5, 5.41) is 3.23. The number of hydrogen-bond acceptors (Lipinski definition) is 4. The lowest BCUT2D eigenvalue weighted by Gasteiger charge is -2.44. The Hall–Kier alpha value is -3.48. The highest BCUT2D eigenvalue weighted by Crippen LogP contribution is 2.35. The summed E-state index contributed by atoms with van der Waals surface area (Å²) >= 11 is 0. The zero-order valence-corrected chi connectivity index (χ0v) is 19.0. The highest BCUT2D eigenvalue weighted by molar-refractivity contribution is 6.00. The maximum atomic E-state index is 13.8. The largest absolute Gasteiger partial charge is 0.497 e. The van der Waals surface area contributed by atoms with Gasteiger partial charge in [0.1, 0.15) is 22.7 Å². The molecule has 2 amide bonds. The molecule has 0 spiro atoms. The Morgan fingerprint density at radius 2 is 1.94 bits per heavy atom. The predicted octanol–water partition coefficient (Wildman–Crippen LogP) is 4.23. The van der Waals surface area contributed by atoms with Crippen molar-refractivity contribution in [2.24, 2.45) is 0 Å². The van der Waals surface area contributed by atoms with Crippen LogP contribution in [-0.4, -0.2) is 40.0 Å². The van der Waals surface area contributed by atoms with Gasteiger partial charge >= 0.3 is 0 Å². The molecular formula is C26H29N3O4. The number of benzene rings is 1. The number of hydrogen-bond donors (Lipinski definition) is 1. The molecule has 1 fully saturated rings. The van der Waals surface area contributed by atoms with E-state index >= 15 is 0 Å². The molecule has 1 aliphatic heterocycles. The summed E-state index contributed by atoms with van der Waals surface area (Å²) in [7, 11) is 1.62. The zero-order chi connectivity index (χ0) is 23.0. The summed E-state index contributed by atoms with van der Waals surface area (Å²) in [6, 6.07) is 15.2. The summed E-state index contributed by atoms with van der Waals surface area (Å²) in [5.74, 6) is 1.10. The lowest BCUT2D eigenvalue weighted by Crippen LogP contribution is -2.64. The van der Waals surface area contributed by atoms with Gasteiger partial charge in [-0.05, 0) is 61.7 Å². The number of ether oxygens (including phenoxy) is 1. The van der Waals surface area contributed by atoms with Gasteiger partial charge in [-0.15, -0.1) is 0 Å². The van der Waals surface area contributed by atoms with E-state index in [1.165, 1.54) is 0 Å². The summed E-state index contributed by atoms with van der Waals surface area (Å²) in [6.45, 7) is 2.52. The van der Waals surface area contributed by atoms with Crippen LogP contribution in [0, 0.1) is 0 Å². The predicted molar refractivity (Wildman–Crippen MR) is 124 cm³/mol. The van der Waals surface area contributed by atoms with Gasteiger partial charge in [-0.1, -0.05) is 25.0 Å². The van der Waals surface area contributed by atoms with E-state index in [4.69, 9.17) is 9.15 Å². The first-order valence-electron chi connectivity index (χ1n) is 11.5. The molecule has 1 aliphatic carbocycles. The van der Waals surface area contributed by atoms with E-state index in [1.54, 1.807) is 18.3 Å². The van der Waals surface area contributed by atoms with Crippen LogP contribution in [-0.2, 0) is 17.9 Å². The van der Waals surface area contributed by atoms with Crippen LogP contribution in [0.3, 0.4) is 0 Å². The molecule has 2 aliphatic rings. The summed E-state index contributed by atoms with van der Waals surface area (Å²) in [5.41, 5.74) is 1.20. The number of carbonyl (C=O) groups excluding carboxylic acids is 2. The van der Waals surface area contributed by atoms with Crippen LogP contribution in [0.25, 0.3) is 11.5 Å². The Balaban J connectivity index is 1.54. The molecule has 1 saturated carbocycles. The molecule has 7 heteroatoms. The van der Waals surface area contributed by atoms with E-state index in [0.717, 1.165) is 42.7 Å². The number of methoxy groups -OCH3 is 1. The average molecular weight is 448 g/mol. The van der Waals surface area contributed by atoms with Gasteiger partial charge < -0.3 is 23.9 Å². The minimum atomic E-state index is -1.06. The Bertz CT molecular complexity index is 1160. The lowest BCUT2D eigenvalue weighted by atomic mass is 9.93. The number of rotatable bonds is 6. The normalized spacial score (nSPS) is 20.7. The Labute approximate surface area is 193 Å². The number of fused-ring (bicyclic) bond motifs is 1. The SMILES string of the molecule is COc1cccc(CN2C(=O)c3ccc(-c4ccco4)n3CC2(C)C(=O)NC2CCCC2)c1. The molecule has 0 saturated heterocycles. The molecule has 172 valence electrons. The van der Waals surface area contributed by atoms with Crippen LogP contribution in [0.15, 0.2) is 59.2 Å². The van der Waals surface area contributed by atoms with Crippen molar-refractivity contribution in [3.05, 3.63) is 66.1 Å². The topological polar surface area (TPSA) is 76.7 Å². The fraction of sp³-hybridized carbons (Fsp3) is 0.385. The number of nitrogens with zero attached hydrogens (tertiary/aromatic N) is 2. The number of aromatic nitrogens is 1. The Kier molecular flexibility index (Phi) is 5.48. The van der Waals surface area contributed by atoms with Gasteiger partial charge in [-0.2, -0.15) is 0 Å². The van der Waals surface area contributed by atoms with Crippen molar-refractivity contribution in [2.75, 3.05) is 7.11 Å². The quantitative estimate of drug-likeness (QED) is 0.614. The molecule has 5 rings (SSSR count). The fourth-order valence-electron chi connectivity index (χ4n) is 5.02. The van der Waals surface area contributed by atoms with Gasteiger partial charge in [-0.25, -0.2) is 0 Å². The molecule has 33 heavy (non-hydrogen) atoms. The highest BCUT2D eigenvalue weighted by Gasteiger charge is 2.48. The number of amides is 2. The fourth-order valence-corrected chi connectivity index (χ4v) is 5.02. The van der Waals surface area contributed by atoms with Crippen LogP contribution in [0.5, 0.6) is 5.75 Å². The van der Waals surface area contributed by atoms with E-state index in [1.807, 2.05) is 60.0 Å². The maximum Gasteiger partial charge on any atom is 0.271 e. The van der Waals surface area contributed by atoms with Crippen LogP contribution in [0.1, 0.15) is 48.7 Å². The van der Waals surface area contributed by atoms with E-state index in [2.05, 4.69) is 5.32 Å². The van der Waals surface area contributed by atoms with E-state index in [-0.39, 0.29) is 17.9 Å². The van der Waals surface area contributed by atoms with E-state index in [9.17, 15) is 9.59 Å². The zero-order valence-electron chi connectivity index (χ0n) is 19.0. The van der Waals surface area contributed by atoms with Gasteiger partial charge in [-0.3, -0.25) is 9.59 Å².